The van der Waals surface area contributed by atoms with Gasteiger partial charge in [-0.25, -0.2) is 19.9 Å². The van der Waals surface area contributed by atoms with Crippen molar-refractivity contribution >= 4 is 112 Å². The van der Waals surface area contributed by atoms with E-state index >= 15 is 0 Å². The second kappa shape index (κ2) is 20.2. The number of benzene rings is 4. The zero-order valence-electron chi connectivity index (χ0n) is 46.0. The average Bonchev–Trinajstić information content (AvgIpc) is 3.78. The van der Waals surface area contributed by atoms with Gasteiger partial charge in [0.25, 0.3) is 0 Å². The maximum Gasteiger partial charge on any atom is 0.598 e. The summed E-state index contributed by atoms with van der Waals surface area (Å²) in [5, 5.41) is 4.93. The van der Waals surface area contributed by atoms with Crippen molar-refractivity contribution in [2.45, 2.75) is 51.7 Å². The van der Waals surface area contributed by atoms with Crippen molar-refractivity contribution in [2.75, 3.05) is 0 Å². The van der Waals surface area contributed by atoms with Crippen molar-refractivity contribution in [3.63, 3.8) is 0 Å². The molecule has 1 fully saturated rings. The Kier molecular flexibility index (Phi) is 12.3. The molecule has 0 atom stereocenters. The molecule has 3 aliphatic rings. The molecule has 14 aromatic rings. The van der Waals surface area contributed by atoms with Crippen LogP contribution in [0.5, 0.6) is 0 Å². The number of para-hydroxylation sites is 4. The van der Waals surface area contributed by atoms with Crippen molar-refractivity contribution in [3.05, 3.63) is 222 Å². The summed E-state index contributed by atoms with van der Waals surface area (Å²) >= 11 is 3.56. The molecular weight excluding hydrogens is 1110 g/mol. The van der Waals surface area contributed by atoms with E-state index in [4.69, 9.17) is 19.3 Å². The van der Waals surface area contributed by atoms with Crippen LogP contribution >= 0.6 is 15.9 Å². The molecule has 0 saturated carbocycles. The summed E-state index contributed by atoms with van der Waals surface area (Å²) in [5.41, 5.74) is 19.3. The summed E-state index contributed by atoms with van der Waals surface area (Å²) < 4.78 is 18.0. The van der Waals surface area contributed by atoms with Gasteiger partial charge in [-0.15, -0.1) is 0 Å². The van der Waals surface area contributed by atoms with Gasteiger partial charge in [-0.2, -0.15) is 0 Å². The number of halogens is 1. The van der Waals surface area contributed by atoms with Crippen LogP contribution in [0.2, 0.25) is 0 Å². The first-order chi connectivity index (χ1) is 41.0. The van der Waals surface area contributed by atoms with E-state index in [2.05, 4.69) is 224 Å². The van der Waals surface area contributed by atoms with Crippen LogP contribution in [-0.2, 0) is 22.2 Å². The number of aromatic nitrogens is 14. The van der Waals surface area contributed by atoms with E-state index in [0.717, 1.165) is 112 Å². The molecule has 1 aliphatic heterocycles. The van der Waals surface area contributed by atoms with E-state index in [0.29, 0.717) is 12.8 Å². The minimum absolute atomic E-state index is 0.343. The first kappa shape index (κ1) is 51.0. The van der Waals surface area contributed by atoms with E-state index in [9.17, 15) is 0 Å². The zero-order chi connectivity index (χ0) is 56.7. The quantitative estimate of drug-likeness (QED) is 0.150. The smallest absolute Gasteiger partial charge is 0.384 e. The number of pyridine rings is 2. The summed E-state index contributed by atoms with van der Waals surface area (Å²) in [5.74, 6) is 0. The Morgan fingerprint density at radius 1 is 0.452 bits per heavy atom. The Morgan fingerprint density at radius 2 is 0.845 bits per heavy atom. The van der Waals surface area contributed by atoms with Gasteiger partial charge in [-0.3, -0.25) is 29.9 Å². The van der Waals surface area contributed by atoms with Crippen molar-refractivity contribution in [1.29, 1.82) is 0 Å². The number of hydrogen-bond acceptors (Lipinski definition) is 12. The lowest BCUT2D eigenvalue weighted by Gasteiger charge is -2.32. The van der Waals surface area contributed by atoms with Crippen molar-refractivity contribution in [2.24, 2.45) is 0 Å². The SMILES string of the molecule is Brc1cc(-c2cc3nccnc3[nH]2)nc(-c2cc3nccnc3[nH]2)c1.C1=C(c2cc(-n3c4ccccc4c4ccccc43)cc(C3=Cc4nccnc4C3)n2)Cc2nccnc21.CC1(C)OB(n2c3ccccc3c3ccccc32)OC1(C)C. The summed E-state index contributed by atoms with van der Waals surface area (Å²) in [6, 6.07) is 46.1. The molecule has 18 heteroatoms. The van der Waals surface area contributed by atoms with Gasteiger partial charge in [0.15, 0.2) is 11.3 Å². The highest BCUT2D eigenvalue weighted by molar-refractivity contribution is 9.10. The third-order valence-electron chi connectivity index (χ3n) is 16.2. The Bertz CT molecular complexity index is 4640. The van der Waals surface area contributed by atoms with Gasteiger partial charge < -0.3 is 28.3 Å². The average molecular weight is 1160 g/mol. The van der Waals surface area contributed by atoms with Crippen LogP contribution in [0, 0.1) is 0 Å². The number of H-pyrrole nitrogens is 2. The molecule has 2 aliphatic carbocycles. The first-order valence-corrected chi connectivity index (χ1v) is 28.4. The molecule has 4 aromatic carbocycles. The van der Waals surface area contributed by atoms with E-state index in [1.807, 2.05) is 24.3 Å². The standard InChI is InChI=1S/C31H20N6.C18H20BNO2.C17H10BrN7/c1-3-7-30-22(5-1)23-6-2-4-8-31(23)37(30)21-17-24(19-13-26-27(14-19)33-10-9-32-26)36-25(18-21)20-15-28-29(16-20)35-12-11-34-28;1-17(2)18(3,4)22-19(21-17)20-15-11-7-5-9-13(15)14-10-6-8-12-16(14)20;18-9-5-10(12-7-14-16(24-12)21-3-1-19-14)23-11(6-9)13-8-15-17(25-13)22-4-2-20-15/h1-13,15,17-18H,14,16H2;5-12H,1-4H3;1-8H,(H,21,24)(H,22,25). The second-order valence-electron chi connectivity index (χ2n) is 21.9. The highest BCUT2D eigenvalue weighted by Crippen LogP contribution is 2.41. The van der Waals surface area contributed by atoms with E-state index in [1.165, 1.54) is 32.6 Å². The molecule has 0 amide bonds. The molecule has 10 aromatic heterocycles. The number of rotatable bonds is 6. The first-order valence-electron chi connectivity index (χ1n) is 27.6. The lowest BCUT2D eigenvalue weighted by Crippen LogP contribution is -2.41. The van der Waals surface area contributed by atoms with E-state index < -0.39 is 7.25 Å². The lowest BCUT2D eigenvalue weighted by molar-refractivity contribution is 0.00578. The maximum absolute atomic E-state index is 6.27. The molecule has 0 radical (unpaired) electrons. The van der Waals surface area contributed by atoms with Crippen LogP contribution < -0.4 is 0 Å². The molecule has 84 heavy (non-hydrogen) atoms. The summed E-state index contributed by atoms with van der Waals surface area (Å²) in [6.07, 6.45) is 19.3. The van der Waals surface area contributed by atoms with Crippen LogP contribution in [-0.4, -0.2) is 87.3 Å². The largest absolute Gasteiger partial charge is 0.598 e. The molecule has 0 unspecified atom stereocenters. The minimum atomic E-state index is -0.408. The molecular formula is C66H50BBrN14O2. The van der Waals surface area contributed by atoms with Gasteiger partial charge in [-0.05, 0) is 112 Å². The zero-order valence-corrected chi connectivity index (χ0v) is 47.6. The fourth-order valence-electron chi connectivity index (χ4n) is 11.4. The van der Waals surface area contributed by atoms with Crippen molar-refractivity contribution in [3.8, 4) is 28.5 Å². The summed E-state index contributed by atoms with van der Waals surface area (Å²) in [6.45, 7) is 8.34. The minimum Gasteiger partial charge on any atom is -0.384 e. The number of fused-ring (bicyclic) bond motifs is 10. The van der Waals surface area contributed by atoms with E-state index in [-0.39, 0.29) is 11.2 Å². The predicted molar refractivity (Wildman–Crippen MR) is 334 cm³/mol. The third-order valence-corrected chi connectivity index (χ3v) is 16.6. The monoisotopic (exact) mass is 1160 g/mol. The van der Waals surface area contributed by atoms with Gasteiger partial charge in [0.1, 0.15) is 11.0 Å². The maximum atomic E-state index is 6.27. The topological polar surface area (TPSA) is 189 Å². The molecule has 2 N–H and O–H groups in total. The normalized spacial score (nSPS) is 14.8. The molecule has 406 valence electrons. The van der Waals surface area contributed by atoms with Gasteiger partial charge in [0.2, 0.25) is 0 Å². The molecule has 16 nitrogen and oxygen atoms in total. The fraction of sp³-hybridized carbons (Fsp3) is 0.121. The molecule has 17 rings (SSSR count). The summed E-state index contributed by atoms with van der Waals surface area (Å²) in [7, 11) is -0.408. The number of nitrogens with one attached hydrogen (secondary N) is 2. The van der Waals surface area contributed by atoms with Gasteiger partial charge in [0, 0.05) is 99.5 Å². The van der Waals surface area contributed by atoms with Crippen LogP contribution in [0.3, 0.4) is 0 Å². The van der Waals surface area contributed by atoms with Gasteiger partial charge >= 0.3 is 7.25 Å². The molecule has 11 heterocycles. The van der Waals surface area contributed by atoms with Gasteiger partial charge in [-0.1, -0.05) is 88.7 Å². The summed E-state index contributed by atoms with van der Waals surface area (Å²) in [4.78, 5) is 51.7. The van der Waals surface area contributed by atoms with Crippen LogP contribution in [0.15, 0.2) is 188 Å². The highest BCUT2D eigenvalue weighted by atomic mass is 79.9. The predicted octanol–water partition coefficient (Wildman–Crippen LogP) is 13.9. The number of aromatic amines is 2. The van der Waals surface area contributed by atoms with Crippen LogP contribution in [0.4, 0.5) is 0 Å². The van der Waals surface area contributed by atoms with Gasteiger partial charge in [0.05, 0.1) is 84.9 Å². The second-order valence-corrected chi connectivity index (χ2v) is 22.8. The number of hydrogen-bond donors (Lipinski definition) is 2. The number of allylic oxidation sites excluding steroid dienone is 2. The number of nitrogens with zero attached hydrogens (tertiary/aromatic N) is 12. The van der Waals surface area contributed by atoms with Crippen molar-refractivity contribution < 1.29 is 9.31 Å². The fourth-order valence-corrected chi connectivity index (χ4v) is 11.8. The highest BCUT2D eigenvalue weighted by Gasteiger charge is 2.53. The third kappa shape index (κ3) is 9.02. The Balaban J connectivity index is 0.000000112. The molecule has 1 saturated heterocycles. The Labute approximate surface area is 489 Å². The van der Waals surface area contributed by atoms with Crippen LogP contribution in [0.25, 0.3) is 118 Å². The Morgan fingerprint density at radius 3 is 1.30 bits per heavy atom. The van der Waals surface area contributed by atoms with E-state index in [1.54, 1.807) is 49.6 Å². The Hall–Kier alpha value is -9.88. The van der Waals surface area contributed by atoms with Crippen LogP contribution in [0.1, 0.15) is 61.9 Å². The molecule has 0 spiro atoms. The van der Waals surface area contributed by atoms with Crippen molar-refractivity contribution in [1.82, 2.24) is 68.9 Å². The lowest BCUT2D eigenvalue weighted by atomic mass is 9.90. The molecule has 0 bridgehead atoms.